The second-order valence-corrected chi connectivity index (χ2v) is 10.9. The molecule has 0 bridgehead atoms. The first-order chi connectivity index (χ1) is 16.3. The molecule has 4 heterocycles. The predicted octanol–water partition coefficient (Wildman–Crippen LogP) is 3.98. The summed E-state index contributed by atoms with van der Waals surface area (Å²) in [5.41, 5.74) is 0.891. The Balaban J connectivity index is 1.23. The minimum atomic E-state index is -3.25. The number of nitrogens with zero attached hydrogens (tertiary/aromatic N) is 5. The third kappa shape index (κ3) is 4.50. The first kappa shape index (κ1) is 22.4. The molecule has 178 valence electrons. The number of hydrogen-bond acceptors (Lipinski definition) is 8. The molecular formula is C24H27N5O4S. The van der Waals surface area contributed by atoms with E-state index in [1.54, 1.807) is 24.4 Å². The van der Waals surface area contributed by atoms with Gasteiger partial charge in [0, 0.05) is 49.7 Å². The molecule has 0 spiro atoms. The van der Waals surface area contributed by atoms with Crippen molar-refractivity contribution in [2.24, 2.45) is 0 Å². The zero-order chi connectivity index (χ0) is 23.9. The van der Waals surface area contributed by atoms with Gasteiger partial charge in [0.05, 0.1) is 16.6 Å². The Morgan fingerprint density at radius 2 is 1.91 bits per heavy atom. The van der Waals surface area contributed by atoms with Gasteiger partial charge in [-0.05, 0) is 36.4 Å². The molecule has 34 heavy (non-hydrogen) atoms. The fourth-order valence-electron chi connectivity index (χ4n) is 4.08. The Labute approximate surface area is 198 Å². The lowest BCUT2D eigenvalue weighted by molar-refractivity contribution is 0.168. The lowest BCUT2D eigenvalue weighted by Crippen LogP contribution is -2.38. The number of ether oxygens (including phenoxy) is 1. The normalized spacial score (nSPS) is 15.4. The Hall–Kier alpha value is -3.40. The molecule has 0 aliphatic carbocycles. The molecule has 10 heteroatoms. The molecule has 0 amide bonds. The second kappa shape index (κ2) is 8.75. The number of pyridine rings is 1. The maximum atomic E-state index is 11.8. The summed E-state index contributed by atoms with van der Waals surface area (Å²) < 4.78 is 37.1. The van der Waals surface area contributed by atoms with Crippen LogP contribution in [-0.4, -0.2) is 53.6 Å². The van der Waals surface area contributed by atoms with E-state index < -0.39 is 9.84 Å². The van der Waals surface area contributed by atoms with Gasteiger partial charge in [-0.25, -0.2) is 13.4 Å². The standard InChI is InChI=1S/C24H27N5O4S/c1-16(2)23-26-24(33-27-23)28-11-9-18(10-12-28)32-19-4-7-22(25-15-19)29-13-8-17-14-20(34(3,30)31)5-6-21(17)29/h4-8,13-16,18H,9-12H2,1-3H3. The van der Waals surface area contributed by atoms with Gasteiger partial charge < -0.3 is 18.7 Å². The van der Waals surface area contributed by atoms with Crippen molar-refractivity contribution in [1.29, 1.82) is 0 Å². The Bertz CT molecular complexity index is 1400. The Kier molecular flexibility index (Phi) is 5.76. The summed E-state index contributed by atoms with van der Waals surface area (Å²) in [6.07, 6.45) is 6.63. The second-order valence-electron chi connectivity index (χ2n) is 8.92. The van der Waals surface area contributed by atoms with Gasteiger partial charge in [0.15, 0.2) is 15.7 Å². The first-order valence-electron chi connectivity index (χ1n) is 11.3. The molecule has 3 aromatic heterocycles. The number of benzene rings is 1. The number of anilines is 1. The fourth-order valence-corrected chi connectivity index (χ4v) is 4.74. The van der Waals surface area contributed by atoms with Crippen LogP contribution in [0.25, 0.3) is 16.7 Å². The highest BCUT2D eigenvalue weighted by molar-refractivity contribution is 7.90. The number of aromatic nitrogens is 4. The summed E-state index contributed by atoms with van der Waals surface area (Å²) in [5.74, 6) is 2.42. The highest BCUT2D eigenvalue weighted by Gasteiger charge is 2.24. The molecule has 9 nitrogen and oxygen atoms in total. The molecule has 1 aliphatic rings. The Morgan fingerprint density at radius 1 is 1.12 bits per heavy atom. The predicted molar refractivity (Wildman–Crippen MR) is 128 cm³/mol. The van der Waals surface area contributed by atoms with Crippen LogP contribution in [0.2, 0.25) is 0 Å². The van der Waals surface area contributed by atoms with E-state index in [0.29, 0.717) is 10.9 Å². The van der Waals surface area contributed by atoms with Gasteiger partial charge >= 0.3 is 6.01 Å². The average Bonchev–Trinajstić information content (AvgIpc) is 3.47. The minimum absolute atomic E-state index is 0.0956. The van der Waals surface area contributed by atoms with Crippen molar-refractivity contribution in [3.63, 3.8) is 0 Å². The highest BCUT2D eigenvalue weighted by atomic mass is 32.2. The number of fused-ring (bicyclic) bond motifs is 1. The molecular weight excluding hydrogens is 454 g/mol. The van der Waals surface area contributed by atoms with E-state index in [4.69, 9.17) is 9.26 Å². The minimum Gasteiger partial charge on any atom is -0.489 e. The van der Waals surface area contributed by atoms with Crippen LogP contribution in [0.4, 0.5) is 6.01 Å². The summed E-state index contributed by atoms with van der Waals surface area (Å²) in [5, 5.41) is 4.89. The van der Waals surface area contributed by atoms with Crippen LogP contribution in [0.1, 0.15) is 38.4 Å². The van der Waals surface area contributed by atoms with Crippen LogP contribution in [0.15, 0.2) is 58.2 Å². The number of sulfone groups is 1. The zero-order valence-electron chi connectivity index (χ0n) is 19.4. The third-order valence-corrected chi connectivity index (χ3v) is 7.13. The molecule has 0 atom stereocenters. The maximum absolute atomic E-state index is 11.8. The van der Waals surface area contributed by atoms with E-state index in [-0.39, 0.29) is 12.0 Å². The van der Waals surface area contributed by atoms with Crippen molar-refractivity contribution in [3.8, 4) is 11.6 Å². The van der Waals surface area contributed by atoms with Crippen molar-refractivity contribution >= 4 is 26.8 Å². The van der Waals surface area contributed by atoms with E-state index >= 15 is 0 Å². The van der Waals surface area contributed by atoms with Gasteiger partial charge in [0.2, 0.25) is 0 Å². The quantitative estimate of drug-likeness (QED) is 0.407. The van der Waals surface area contributed by atoms with Crippen LogP contribution in [0.3, 0.4) is 0 Å². The van der Waals surface area contributed by atoms with Gasteiger partial charge in [0.25, 0.3) is 0 Å². The summed E-state index contributed by atoms with van der Waals surface area (Å²) >= 11 is 0. The zero-order valence-corrected chi connectivity index (χ0v) is 20.2. The molecule has 0 unspecified atom stereocenters. The van der Waals surface area contributed by atoms with Gasteiger partial charge in [-0.2, -0.15) is 4.98 Å². The molecule has 5 rings (SSSR count). The van der Waals surface area contributed by atoms with E-state index in [0.717, 1.165) is 54.2 Å². The number of piperidine rings is 1. The van der Waals surface area contributed by atoms with Crippen LogP contribution in [-0.2, 0) is 9.84 Å². The summed E-state index contributed by atoms with van der Waals surface area (Å²) in [7, 11) is -3.25. The maximum Gasteiger partial charge on any atom is 0.324 e. The molecule has 0 saturated carbocycles. The summed E-state index contributed by atoms with van der Waals surface area (Å²) in [6, 6.07) is 11.4. The molecule has 1 saturated heterocycles. The smallest absolute Gasteiger partial charge is 0.324 e. The highest BCUT2D eigenvalue weighted by Crippen LogP contribution is 2.26. The SMILES string of the molecule is CC(C)c1noc(N2CCC(Oc3ccc(-n4ccc5cc(S(C)(=O)=O)ccc54)nc3)CC2)n1. The van der Waals surface area contributed by atoms with Crippen LogP contribution >= 0.6 is 0 Å². The number of rotatable bonds is 6. The first-order valence-corrected chi connectivity index (χ1v) is 13.2. The van der Waals surface area contributed by atoms with Gasteiger partial charge in [-0.1, -0.05) is 19.0 Å². The third-order valence-electron chi connectivity index (χ3n) is 6.02. The lowest BCUT2D eigenvalue weighted by atomic mass is 10.1. The van der Waals surface area contributed by atoms with Crippen molar-refractivity contribution in [3.05, 3.63) is 54.6 Å². The largest absolute Gasteiger partial charge is 0.489 e. The average molecular weight is 482 g/mol. The van der Waals surface area contributed by atoms with Crippen LogP contribution in [0, 0.1) is 0 Å². The van der Waals surface area contributed by atoms with Gasteiger partial charge in [-0.15, -0.1) is 0 Å². The van der Waals surface area contributed by atoms with E-state index in [1.807, 2.05) is 42.8 Å². The van der Waals surface area contributed by atoms with E-state index in [1.165, 1.54) is 6.26 Å². The van der Waals surface area contributed by atoms with Crippen LogP contribution < -0.4 is 9.64 Å². The monoisotopic (exact) mass is 481 g/mol. The van der Waals surface area contributed by atoms with E-state index in [9.17, 15) is 8.42 Å². The lowest BCUT2D eigenvalue weighted by Gasteiger charge is -2.30. The molecule has 1 fully saturated rings. The molecule has 0 radical (unpaired) electrons. The van der Waals surface area contributed by atoms with E-state index in [2.05, 4.69) is 20.0 Å². The molecule has 1 aromatic carbocycles. The summed E-state index contributed by atoms with van der Waals surface area (Å²) in [6.45, 7) is 5.67. The van der Waals surface area contributed by atoms with Gasteiger partial charge in [0.1, 0.15) is 17.7 Å². The summed E-state index contributed by atoms with van der Waals surface area (Å²) in [4.78, 5) is 11.5. The van der Waals surface area contributed by atoms with Crippen molar-refractivity contribution in [2.45, 2.75) is 43.6 Å². The Morgan fingerprint density at radius 3 is 2.56 bits per heavy atom. The van der Waals surface area contributed by atoms with Crippen LogP contribution in [0.5, 0.6) is 5.75 Å². The molecule has 1 aliphatic heterocycles. The molecule has 0 N–H and O–H groups in total. The topological polar surface area (TPSA) is 103 Å². The number of hydrogen-bond donors (Lipinski definition) is 0. The van der Waals surface area contributed by atoms with Crippen molar-refractivity contribution in [2.75, 3.05) is 24.2 Å². The van der Waals surface area contributed by atoms with Crippen molar-refractivity contribution in [1.82, 2.24) is 19.7 Å². The van der Waals surface area contributed by atoms with Gasteiger partial charge in [-0.3, -0.25) is 0 Å². The fraction of sp³-hybridized carbons (Fsp3) is 0.375. The van der Waals surface area contributed by atoms with Crippen molar-refractivity contribution < 1.29 is 17.7 Å². The molecule has 4 aromatic rings.